The van der Waals surface area contributed by atoms with Crippen molar-refractivity contribution in [3.8, 4) is 11.5 Å². The second-order valence-corrected chi connectivity index (χ2v) is 11.9. The molecule has 3 aliphatic rings. The Balaban J connectivity index is 1.41. The van der Waals surface area contributed by atoms with Gasteiger partial charge in [0.25, 0.3) is 0 Å². The van der Waals surface area contributed by atoms with E-state index < -0.39 is 6.04 Å². The van der Waals surface area contributed by atoms with E-state index in [9.17, 15) is 14.4 Å². The fraction of sp³-hybridized carbons (Fsp3) is 0.600. The normalized spacial score (nSPS) is 19.8. The second-order valence-electron chi connectivity index (χ2n) is 11.5. The van der Waals surface area contributed by atoms with Gasteiger partial charge in [0.1, 0.15) is 17.6 Å². The highest BCUT2D eigenvalue weighted by molar-refractivity contribution is 7.80. The van der Waals surface area contributed by atoms with Crippen LogP contribution in [0.5, 0.6) is 11.5 Å². The summed E-state index contributed by atoms with van der Waals surface area (Å²) in [6.07, 6.45) is 4.94. The summed E-state index contributed by atoms with van der Waals surface area (Å²) < 4.78 is 11.1. The molecule has 1 aliphatic carbocycles. The maximum atomic E-state index is 13.7. The number of methoxy groups -OCH3 is 2. The molecule has 2 aliphatic heterocycles. The van der Waals surface area contributed by atoms with Crippen molar-refractivity contribution in [3.63, 3.8) is 0 Å². The molecule has 42 heavy (non-hydrogen) atoms. The van der Waals surface area contributed by atoms with Crippen molar-refractivity contribution in [2.75, 3.05) is 57.2 Å². The molecule has 3 fully saturated rings. The molecule has 5 rings (SSSR count). The number of ether oxygens (including phenoxy) is 2. The molecule has 226 valence electrons. The van der Waals surface area contributed by atoms with Crippen molar-refractivity contribution in [2.24, 2.45) is 11.8 Å². The first-order valence-electron chi connectivity index (χ1n) is 14.8. The van der Waals surface area contributed by atoms with Crippen LogP contribution < -0.4 is 19.7 Å². The summed E-state index contributed by atoms with van der Waals surface area (Å²) in [7, 11) is 3.12. The van der Waals surface area contributed by atoms with Crippen LogP contribution in [0, 0.1) is 11.8 Å². The number of carbonyl (C=O) groups is 3. The van der Waals surface area contributed by atoms with Crippen LogP contribution in [-0.2, 0) is 14.4 Å². The third kappa shape index (κ3) is 6.13. The SMILES string of the molecule is COc1cc2nc(N3CCN(C(=O)C4CCC4)CC3)nc(NC(=O)[C@H]3CCCN3C(=S)C(C)CC(C)=O)c2cc1OC. The van der Waals surface area contributed by atoms with E-state index in [4.69, 9.17) is 31.7 Å². The summed E-state index contributed by atoms with van der Waals surface area (Å²) in [6.45, 7) is 6.58. The third-order valence-electron chi connectivity index (χ3n) is 8.61. The van der Waals surface area contributed by atoms with Crippen molar-refractivity contribution in [1.82, 2.24) is 19.8 Å². The molecule has 0 radical (unpaired) electrons. The van der Waals surface area contributed by atoms with Crippen LogP contribution in [0.4, 0.5) is 11.8 Å². The third-order valence-corrected chi connectivity index (χ3v) is 9.25. The van der Waals surface area contributed by atoms with E-state index in [-0.39, 0.29) is 29.4 Å². The molecule has 1 unspecified atom stereocenters. The van der Waals surface area contributed by atoms with Gasteiger partial charge in [-0.15, -0.1) is 0 Å². The number of Topliss-reactive ketones (excluding diaryl/α,β-unsaturated/α-hetero) is 1. The number of rotatable bonds is 9. The fourth-order valence-electron chi connectivity index (χ4n) is 6.02. The lowest BCUT2D eigenvalue weighted by atomic mass is 9.84. The summed E-state index contributed by atoms with van der Waals surface area (Å²) in [5, 5.41) is 3.70. The van der Waals surface area contributed by atoms with E-state index in [0.717, 1.165) is 25.7 Å². The number of benzene rings is 1. The van der Waals surface area contributed by atoms with E-state index in [0.29, 0.717) is 84.7 Å². The minimum Gasteiger partial charge on any atom is -0.493 e. The number of fused-ring (bicyclic) bond motifs is 1. The zero-order chi connectivity index (χ0) is 30.0. The van der Waals surface area contributed by atoms with E-state index >= 15 is 0 Å². The molecular weight excluding hydrogens is 556 g/mol. The van der Waals surface area contributed by atoms with E-state index in [1.165, 1.54) is 0 Å². The van der Waals surface area contributed by atoms with Crippen LogP contribution >= 0.6 is 12.2 Å². The van der Waals surface area contributed by atoms with Crippen molar-refractivity contribution in [3.05, 3.63) is 12.1 Å². The van der Waals surface area contributed by atoms with Crippen LogP contribution in [-0.4, -0.2) is 95.3 Å². The Morgan fingerprint density at radius 1 is 1.00 bits per heavy atom. The summed E-state index contributed by atoms with van der Waals surface area (Å²) in [5.74, 6) is 2.05. The quantitative estimate of drug-likeness (QED) is 0.432. The van der Waals surface area contributed by atoms with Gasteiger partial charge >= 0.3 is 0 Å². The molecule has 11 nitrogen and oxygen atoms in total. The Kier molecular flexibility index (Phi) is 9.10. The average Bonchev–Trinajstić information content (AvgIpc) is 3.45. The zero-order valence-corrected chi connectivity index (χ0v) is 25.7. The fourth-order valence-corrected chi connectivity index (χ4v) is 6.33. The van der Waals surface area contributed by atoms with Gasteiger partial charge in [-0.3, -0.25) is 9.59 Å². The molecule has 3 heterocycles. The Hall–Kier alpha value is -3.54. The van der Waals surface area contributed by atoms with Gasteiger partial charge in [0.2, 0.25) is 17.8 Å². The number of nitrogens with one attached hydrogen (secondary N) is 1. The van der Waals surface area contributed by atoms with Crippen LogP contribution in [0.3, 0.4) is 0 Å². The minimum absolute atomic E-state index is 0.0719. The Labute approximate surface area is 251 Å². The van der Waals surface area contributed by atoms with Gasteiger partial charge in [-0.1, -0.05) is 25.6 Å². The van der Waals surface area contributed by atoms with Crippen molar-refractivity contribution in [2.45, 2.75) is 58.4 Å². The van der Waals surface area contributed by atoms with Crippen LogP contribution in [0.2, 0.25) is 0 Å². The number of hydrogen-bond donors (Lipinski definition) is 1. The number of hydrogen-bond acceptors (Lipinski definition) is 9. The van der Waals surface area contributed by atoms with E-state index in [1.807, 2.05) is 16.7 Å². The number of thiocarbonyl (C=S) groups is 1. The topological polar surface area (TPSA) is 117 Å². The first-order valence-corrected chi connectivity index (χ1v) is 15.2. The van der Waals surface area contributed by atoms with Gasteiger partial charge in [0.05, 0.1) is 24.7 Å². The number of piperazine rings is 1. The molecule has 2 amide bonds. The number of carbonyl (C=O) groups excluding carboxylic acids is 3. The molecule has 1 aromatic carbocycles. The number of amides is 2. The zero-order valence-electron chi connectivity index (χ0n) is 24.9. The number of likely N-dealkylation sites (tertiary alicyclic amines) is 1. The average molecular weight is 597 g/mol. The predicted octanol–water partition coefficient (Wildman–Crippen LogP) is 3.44. The molecule has 2 saturated heterocycles. The molecule has 1 N–H and O–H groups in total. The van der Waals surface area contributed by atoms with E-state index in [1.54, 1.807) is 33.3 Å². The highest BCUT2D eigenvalue weighted by Crippen LogP contribution is 2.36. The van der Waals surface area contributed by atoms with Crippen molar-refractivity contribution in [1.29, 1.82) is 0 Å². The van der Waals surface area contributed by atoms with Gasteiger partial charge in [-0.05, 0) is 38.7 Å². The summed E-state index contributed by atoms with van der Waals surface area (Å²) in [6, 6.07) is 3.10. The Morgan fingerprint density at radius 3 is 2.31 bits per heavy atom. The van der Waals surface area contributed by atoms with Gasteiger partial charge < -0.3 is 34.3 Å². The van der Waals surface area contributed by atoms with Gasteiger partial charge in [0, 0.05) is 62.4 Å². The molecule has 0 bridgehead atoms. The highest BCUT2D eigenvalue weighted by atomic mass is 32.1. The van der Waals surface area contributed by atoms with Crippen molar-refractivity contribution < 1.29 is 23.9 Å². The lowest BCUT2D eigenvalue weighted by Gasteiger charge is -2.38. The molecule has 0 spiro atoms. The maximum absolute atomic E-state index is 13.7. The molecule has 1 saturated carbocycles. The minimum atomic E-state index is -0.457. The van der Waals surface area contributed by atoms with Gasteiger partial charge in [-0.2, -0.15) is 4.98 Å². The molecule has 2 aromatic rings. The monoisotopic (exact) mass is 596 g/mol. The van der Waals surface area contributed by atoms with Crippen LogP contribution in [0.1, 0.15) is 52.4 Å². The lowest BCUT2D eigenvalue weighted by molar-refractivity contribution is -0.138. The summed E-state index contributed by atoms with van der Waals surface area (Å²) in [5.41, 5.74) is 0.606. The van der Waals surface area contributed by atoms with Crippen molar-refractivity contribution >= 4 is 57.5 Å². The number of anilines is 2. The predicted molar refractivity (Wildman–Crippen MR) is 164 cm³/mol. The highest BCUT2D eigenvalue weighted by Gasteiger charge is 2.35. The summed E-state index contributed by atoms with van der Waals surface area (Å²) in [4.78, 5) is 54.5. The Morgan fingerprint density at radius 2 is 1.69 bits per heavy atom. The maximum Gasteiger partial charge on any atom is 0.248 e. The lowest BCUT2D eigenvalue weighted by Crippen LogP contribution is -2.51. The molecule has 12 heteroatoms. The second kappa shape index (κ2) is 12.8. The van der Waals surface area contributed by atoms with Gasteiger partial charge in [0.15, 0.2) is 11.5 Å². The largest absolute Gasteiger partial charge is 0.493 e. The summed E-state index contributed by atoms with van der Waals surface area (Å²) >= 11 is 5.72. The molecular formula is C30H40N6O5S. The standard InChI is InChI=1S/C30H40N6O5S/c1-18(15-19(2)37)29(42)36-10-6-9-23(36)27(38)32-26-21-16-24(40-3)25(41-4)17-22(21)31-30(33-26)35-13-11-34(12-14-35)28(39)20-7-5-8-20/h16-18,20,23H,5-15H2,1-4H3,(H,31,32,33,38)/t18?,23-/m1/s1. The molecule has 1 aromatic heterocycles. The Bertz CT molecular complexity index is 1370. The smallest absolute Gasteiger partial charge is 0.248 e. The van der Waals surface area contributed by atoms with Crippen LogP contribution in [0.15, 0.2) is 12.1 Å². The van der Waals surface area contributed by atoms with Gasteiger partial charge in [-0.25, -0.2) is 4.98 Å². The first-order chi connectivity index (χ1) is 20.2. The number of aromatic nitrogens is 2. The molecule has 2 atom stereocenters. The first kappa shape index (κ1) is 29.9. The number of ketones is 1. The van der Waals surface area contributed by atoms with Crippen LogP contribution in [0.25, 0.3) is 10.9 Å². The van der Waals surface area contributed by atoms with E-state index in [2.05, 4.69) is 10.2 Å². The number of nitrogens with zero attached hydrogens (tertiary/aromatic N) is 5.